The lowest BCUT2D eigenvalue weighted by atomic mass is 9.55. The fraction of sp³-hybridized carbons (Fsp3) is 0.607. The van der Waals surface area contributed by atoms with Crippen molar-refractivity contribution in [1.82, 2.24) is 25.3 Å². The van der Waals surface area contributed by atoms with E-state index in [4.69, 9.17) is 0 Å². The van der Waals surface area contributed by atoms with Gasteiger partial charge in [0.15, 0.2) is 0 Å². The van der Waals surface area contributed by atoms with Gasteiger partial charge in [-0.3, -0.25) is 4.79 Å². The van der Waals surface area contributed by atoms with Crippen LogP contribution in [0.5, 0.6) is 0 Å². The van der Waals surface area contributed by atoms with E-state index in [-0.39, 0.29) is 36.2 Å². The molecule has 2 aromatic heterocycles. The van der Waals surface area contributed by atoms with Gasteiger partial charge in [0.2, 0.25) is 5.91 Å². The van der Waals surface area contributed by atoms with Crippen molar-refractivity contribution in [2.45, 2.75) is 75.9 Å². The summed E-state index contributed by atoms with van der Waals surface area (Å²) in [6, 6.07) is 8.13. The summed E-state index contributed by atoms with van der Waals surface area (Å²) < 4.78 is 45.1. The zero-order valence-electron chi connectivity index (χ0n) is 20.8. The van der Waals surface area contributed by atoms with Gasteiger partial charge in [-0.1, -0.05) is 24.1 Å². The van der Waals surface area contributed by atoms with E-state index in [9.17, 15) is 18.0 Å². The summed E-state index contributed by atoms with van der Waals surface area (Å²) in [4.78, 5) is 16.7. The number of halogens is 3. The van der Waals surface area contributed by atoms with Gasteiger partial charge < -0.3 is 10.3 Å². The van der Waals surface area contributed by atoms with Gasteiger partial charge in [0, 0.05) is 29.2 Å². The molecule has 0 saturated heterocycles. The number of benzene rings is 1. The Kier molecular flexibility index (Phi) is 4.93. The molecule has 196 valence electrons. The Labute approximate surface area is 213 Å². The number of aromatic nitrogens is 4. The molecule has 4 bridgehead atoms. The minimum absolute atomic E-state index is 0.131. The van der Waals surface area contributed by atoms with Gasteiger partial charge in [0.05, 0.1) is 22.6 Å². The molecule has 1 unspecified atom stereocenters. The Hall–Kier alpha value is -2.84. The molecule has 2 N–H and O–H groups in total. The summed E-state index contributed by atoms with van der Waals surface area (Å²) in [5.41, 5.74) is 0.143. The Bertz CT molecular complexity index is 1340. The summed E-state index contributed by atoms with van der Waals surface area (Å²) in [6.45, 7) is -0.277. The first kappa shape index (κ1) is 23.3. The predicted octanol–water partition coefficient (Wildman–Crippen LogP) is 5.96. The predicted molar refractivity (Wildman–Crippen MR) is 132 cm³/mol. The van der Waals surface area contributed by atoms with Gasteiger partial charge in [-0.25, -0.2) is 4.68 Å². The number of amides is 1. The van der Waals surface area contributed by atoms with Crippen molar-refractivity contribution < 1.29 is 18.0 Å². The van der Waals surface area contributed by atoms with Crippen LogP contribution in [0.1, 0.15) is 64.2 Å². The minimum Gasteiger partial charge on any atom is -0.361 e. The maximum absolute atomic E-state index is 14.4. The normalized spacial score (nSPS) is 34.9. The van der Waals surface area contributed by atoms with Crippen LogP contribution in [0.4, 0.5) is 13.2 Å². The van der Waals surface area contributed by atoms with Crippen molar-refractivity contribution in [2.24, 2.45) is 22.7 Å². The molecule has 1 amide bonds. The molecule has 1 atom stereocenters. The molecule has 9 heteroatoms. The first-order chi connectivity index (χ1) is 17.7. The van der Waals surface area contributed by atoms with E-state index < -0.39 is 17.0 Å². The highest BCUT2D eigenvalue weighted by Crippen LogP contribution is 2.61. The molecule has 0 radical (unpaired) electrons. The molecule has 6 nitrogen and oxygen atoms in total. The topological polar surface area (TPSA) is 75.6 Å². The van der Waals surface area contributed by atoms with E-state index in [0.717, 1.165) is 47.8 Å². The highest BCUT2D eigenvalue weighted by atomic mass is 19.4. The molecule has 0 aliphatic heterocycles. The van der Waals surface area contributed by atoms with Gasteiger partial charge in [-0.15, -0.1) is 5.10 Å². The van der Waals surface area contributed by atoms with Crippen LogP contribution < -0.4 is 5.32 Å². The smallest absolute Gasteiger partial charge is 0.361 e. The number of carbonyl (C=O) groups is 1. The van der Waals surface area contributed by atoms with Crippen molar-refractivity contribution in [3.8, 4) is 11.3 Å². The molecule has 5 aliphatic carbocycles. The van der Waals surface area contributed by atoms with Crippen LogP contribution in [-0.2, 0) is 10.3 Å². The molecule has 3 aromatic rings. The third-order valence-corrected chi connectivity index (χ3v) is 10.5. The SMILES string of the molecule is O=C(NCC1(C(F)(F)F)CC2CCC1CC2)C12CCC(n3cc(-c4ccc5[nH]ccc5c4)nn3)(CC1)C2. The minimum atomic E-state index is -4.29. The number of alkyl halides is 3. The first-order valence-corrected chi connectivity index (χ1v) is 13.6. The fourth-order valence-electron chi connectivity index (χ4n) is 8.33. The number of carbonyl (C=O) groups excluding carboxylic acids is 1. The van der Waals surface area contributed by atoms with Crippen LogP contribution in [0.25, 0.3) is 22.2 Å². The molecular formula is C28H32F3N5O. The largest absolute Gasteiger partial charge is 0.396 e. The molecular weight excluding hydrogens is 479 g/mol. The third-order valence-electron chi connectivity index (χ3n) is 10.5. The van der Waals surface area contributed by atoms with E-state index in [1.54, 1.807) is 0 Å². The number of H-pyrrole nitrogens is 1. The molecule has 1 aromatic carbocycles. The van der Waals surface area contributed by atoms with Crippen molar-refractivity contribution in [3.63, 3.8) is 0 Å². The second kappa shape index (κ2) is 7.84. The van der Waals surface area contributed by atoms with Crippen LogP contribution in [0.15, 0.2) is 36.7 Å². The van der Waals surface area contributed by atoms with Crippen molar-refractivity contribution in [1.29, 1.82) is 0 Å². The Morgan fingerprint density at radius 2 is 1.89 bits per heavy atom. The Morgan fingerprint density at radius 3 is 2.59 bits per heavy atom. The lowest BCUT2D eigenvalue weighted by Crippen LogP contribution is -2.58. The third kappa shape index (κ3) is 3.41. The lowest BCUT2D eigenvalue weighted by Gasteiger charge is -2.52. The summed E-state index contributed by atoms with van der Waals surface area (Å²) in [6.07, 6.45) is 6.30. The van der Waals surface area contributed by atoms with E-state index in [2.05, 4.69) is 26.7 Å². The highest BCUT2D eigenvalue weighted by molar-refractivity contribution is 5.85. The number of fused-ring (bicyclic) bond motifs is 6. The summed E-state index contributed by atoms with van der Waals surface area (Å²) in [5, 5.41) is 12.9. The van der Waals surface area contributed by atoms with Crippen LogP contribution >= 0.6 is 0 Å². The number of hydrogen-bond acceptors (Lipinski definition) is 3. The zero-order valence-corrected chi connectivity index (χ0v) is 20.8. The van der Waals surface area contributed by atoms with Crippen LogP contribution in [-0.4, -0.2) is 38.6 Å². The number of nitrogens with zero attached hydrogens (tertiary/aromatic N) is 3. The molecule has 8 rings (SSSR count). The number of rotatable bonds is 5. The molecule has 37 heavy (non-hydrogen) atoms. The number of hydrogen-bond donors (Lipinski definition) is 2. The van der Waals surface area contributed by atoms with Crippen LogP contribution in [0, 0.1) is 22.7 Å². The molecule has 5 fully saturated rings. The van der Waals surface area contributed by atoms with E-state index in [0.29, 0.717) is 32.1 Å². The van der Waals surface area contributed by atoms with Crippen molar-refractivity contribution in [3.05, 3.63) is 36.7 Å². The number of aromatic amines is 1. The van der Waals surface area contributed by atoms with Crippen LogP contribution in [0.3, 0.4) is 0 Å². The lowest BCUT2D eigenvalue weighted by molar-refractivity contribution is -0.265. The summed E-state index contributed by atoms with van der Waals surface area (Å²) >= 11 is 0. The van der Waals surface area contributed by atoms with Crippen molar-refractivity contribution >= 4 is 16.8 Å². The first-order valence-electron chi connectivity index (χ1n) is 13.6. The molecule has 5 aliphatic rings. The highest BCUT2D eigenvalue weighted by Gasteiger charge is 2.64. The van der Waals surface area contributed by atoms with E-state index in [1.165, 1.54) is 0 Å². The van der Waals surface area contributed by atoms with Gasteiger partial charge in [-0.2, -0.15) is 13.2 Å². The summed E-state index contributed by atoms with van der Waals surface area (Å²) in [7, 11) is 0. The van der Waals surface area contributed by atoms with E-state index in [1.807, 2.05) is 35.3 Å². The molecule has 2 heterocycles. The Balaban J connectivity index is 1.08. The quantitative estimate of drug-likeness (QED) is 0.444. The standard InChI is InChI=1S/C28H32F3N5O/c29-28(30,31)27(14-18-1-4-21(27)5-2-18)17-33-24(37)25-8-10-26(16-25,11-9-25)36-15-23(34-35-36)19-3-6-22-20(13-19)7-12-32-22/h3,6-7,12-13,15,18,21,32H,1-2,4-5,8-11,14,16-17H2,(H,33,37). The molecule has 0 spiro atoms. The monoisotopic (exact) mass is 511 g/mol. The van der Waals surface area contributed by atoms with Gasteiger partial charge in [0.1, 0.15) is 5.69 Å². The second-order valence-corrected chi connectivity index (χ2v) is 12.3. The average molecular weight is 512 g/mol. The van der Waals surface area contributed by atoms with E-state index >= 15 is 0 Å². The Morgan fingerprint density at radius 1 is 1.11 bits per heavy atom. The second-order valence-electron chi connectivity index (χ2n) is 12.3. The average Bonchev–Trinajstić information content (AvgIpc) is 3.70. The van der Waals surface area contributed by atoms with Gasteiger partial charge in [-0.05, 0) is 81.4 Å². The van der Waals surface area contributed by atoms with Gasteiger partial charge in [0.25, 0.3) is 0 Å². The van der Waals surface area contributed by atoms with Gasteiger partial charge >= 0.3 is 6.18 Å². The maximum Gasteiger partial charge on any atom is 0.396 e. The number of nitrogens with one attached hydrogen (secondary N) is 2. The fourth-order valence-corrected chi connectivity index (χ4v) is 8.33. The molecule has 5 saturated carbocycles. The zero-order chi connectivity index (χ0) is 25.5. The maximum atomic E-state index is 14.4. The van der Waals surface area contributed by atoms with Crippen LogP contribution in [0.2, 0.25) is 0 Å². The summed E-state index contributed by atoms with van der Waals surface area (Å²) in [5.74, 6) is -0.442. The van der Waals surface area contributed by atoms with Crippen molar-refractivity contribution in [2.75, 3.05) is 6.54 Å².